The molecule has 6 nitrogen and oxygen atoms in total. The highest BCUT2D eigenvalue weighted by Gasteiger charge is 2.12. The lowest BCUT2D eigenvalue weighted by molar-refractivity contribution is -0.132. The van der Waals surface area contributed by atoms with Crippen LogP contribution in [0.2, 0.25) is 0 Å². The molecule has 7 heteroatoms. The normalized spacial score (nSPS) is 10.4. The molecule has 0 spiro atoms. The summed E-state index contributed by atoms with van der Waals surface area (Å²) in [5.74, 6) is 0.0530. The summed E-state index contributed by atoms with van der Waals surface area (Å²) in [4.78, 5) is 28.7. The van der Waals surface area contributed by atoms with Gasteiger partial charge in [-0.05, 0) is 7.05 Å². The standard InChI is InChI=1S/C12H24N4O2S/c1-14(2)12(18)9-15(3)7-6-11(17)16(4)8-5-10(13)19/h5-9H2,1-4H3,(H2,13,19). The minimum atomic E-state index is 0.0248. The van der Waals surface area contributed by atoms with E-state index >= 15 is 0 Å². The van der Waals surface area contributed by atoms with Gasteiger partial charge < -0.3 is 15.5 Å². The molecule has 19 heavy (non-hydrogen) atoms. The maximum atomic E-state index is 11.8. The zero-order chi connectivity index (χ0) is 15.0. The van der Waals surface area contributed by atoms with Gasteiger partial charge in [-0.1, -0.05) is 12.2 Å². The highest BCUT2D eigenvalue weighted by atomic mass is 32.1. The van der Waals surface area contributed by atoms with E-state index in [-0.39, 0.29) is 11.8 Å². The van der Waals surface area contributed by atoms with Crippen molar-refractivity contribution < 1.29 is 9.59 Å². The molecule has 0 bridgehead atoms. The Hall–Kier alpha value is -1.21. The van der Waals surface area contributed by atoms with Crippen LogP contribution in [-0.2, 0) is 9.59 Å². The van der Waals surface area contributed by atoms with Crippen LogP contribution in [0, 0.1) is 0 Å². The minimum Gasteiger partial charge on any atom is -0.393 e. The van der Waals surface area contributed by atoms with Gasteiger partial charge in [0, 0.05) is 47.1 Å². The Morgan fingerprint density at radius 1 is 1.00 bits per heavy atom. The number of carbonyl (C=O) groups excluding carboxylic acids is 2. The molecule has 0 rings (SSSR count). The average molecular weight is 288 g/mol. The van der Waals surface area contributed by atoms with Gasteiger partial charge in [-0.15, -0.1) is 0 Å². The zero-order valence-corrected chi connectivity index (χ0v) is 13.0. The van der Waals surface area contributed by atoms with Gasteiger partial charge in [0.15, 0.2) is 0 Å². The van der Waals surface area contributed by atoms with E-state index in [0.29, 0.717) is 37.5 Å². The molecular weight excluding hydrogens is 264 g/mol. The van der Waals surface area contributed by atoms with Gasteiger partial charge in [-0.3, -0.25) is 14.5 Å². The van der Waals surface area contributed by atoms with Crippen molar-refractivity contribution in [3.05, 3.63) is 0 Å². The molecule has 0 unspecified atom stereocenters. The van der Waals surface area contributed by atoms with E-state index < -0.39 is 0 Å². The average Bonchev–Trinajstić information content (AvgIpc) is 2.32. The van der Waals surface area contributed by atoms with Crippen molar-refractivity contribution in [1.29, 1.82) is 0 Å². The molecule has 0 aliphatic rings. The van der Waals surface area contributed by atoms with Crippen molar-refractivity contribution in [1.82, 2.24) is 14.7 Å². The van der Waals surface area contributed by atoms with Crippen LogP contribution in [0.3, 0.4) is 0 Å². The van der Waals surface area contributed by atoms with Crippen LogP contribution < -0.4 is 5.73 Å². The lowest BCUT2D eigenvalue weighted by Gasteiger charge is -2.21. The van der Waals surface area contributed by atoms with Crippen LogP contribution in [0.1, 0.15) is 12.8 Å². The highest BCUT2D eigenvalue weighted by molar-refractivity contribution is 7.80. The summed E-state index contributed by atoms with van der Waals surface area (Å²) in [6.07, 6.45) is 0.914. The van der Waals surface area contributed by atoms with Crippen molar-refractivity contribution in [3.63, 3.8) is 0 Å². The molecular formula is C12H24N4O2S. The molecule has 0 aliphatic carbocycles. The minimum absolute atomic E-state index is 0.0248. The quantitative estimate of drug-likeness (QED) is 0.612. The van der Waals surface area contributed by atoms with E-state index in [4.69, 9.17) is 18.0 Å². The molecule has 0 radical (unpaired) electrons. The molecule has 2 N–H and O–H groups in total. The maximum absolute atomic E-state index is 11.8. The summed E-state index contributed by atoms with van der Waals surface area (Å²) >= 11 is 4.77. The largest absolute Gasteiger partial charge is 0.393 e. The summed E-state index contributed by atoms with van der Waals surface area (Å²) in [6.45, 7) is 1.40. The maximum Gasteiger partial charge on any atom is 0.236 e. The molecule has 2 amide bonds. The summed E-state index contributed by atoms with van der Waals surface area (Å²) in [7, 11) is 6.98. The number of rotatable bonds is 8. The van der Waals surface area contributed by atoms with Gasteiger partial charge in [-0.25, -0.2) is 0 Å². The van der Waals surface area contributed by atoms with Gasteiger partial charge in [0.05, 0.1) is 11.5 Å². The highest BCUT2D eigenvalue weighted by Crippen LogP contribution is 1.96. The van der Waals surface area contributed by atoms with E-state index in [9.17, 15) is 9.59 Å². The second kappa shape index (κ2) is 8.82. The molecule has 0 aromatic heterocycles. The zero-order valence-electron chi connectivity index (χ0n) is 12.2. The number of hydrogen-bond acceptors (Lipinski definition) is 4. The number of thiocarbonyl (C=S) groups is 1. The second-order valence-corrected chi connectivity index (χ2v) is 5.33. The smallest absolute Gasteiger partial charge is 0.236 e. The predicted molar refractivity (Wildman–Crippen MR) is 79.8 cm³/mol. The fourth-order valence-corrected chi connectivity index (χ4v) is 1.42. The van der Waals surface area contributed by atoms with Crippen molar-refractivity contribution in [3.8, 4) is 0 Å². The molecule has 0 fully saturated rings. The summed E-state index contributed by atoms with van der Waals surface area (Å²) < 4.78 is 0. The molecule has 0 saturated carbocycles. The summed E-state index contributed by atoms with van der Waals surface area (Å²) in [5.41, 5.74) is 5.39. The van der Waals surface area contributed by atoms with Crippen molar-refractivity contribution in [2.24, 2.45) is 5.73 Å². The van der Waals surface area contributed by atoms with Gasteiger partial charge in [0.25, 0.3) is 0 Å². The Balaban J connectivity index is 3.94. The number of hydrogen-bond donors (Lipinski definition) is 1. The predicted octanol–water partition coefficient (Wildman–Crippen LogP) is -0.469. The lowest BCUT2D eigenvalue weighted by Crippen LogP contribution is -2.37. The van der Waals surface area contributed by atoms with Crippen molar-refractivity contribution in [2.45, 2.75) is 12.8 Å². The summed E-state index contributed by atoms with van der Waals surface area (Å²) in [5, 5.41) is 0. The number of likely N-dealkylation sites (N-methyl/N-ethyl adjacent to an activating group) is 2. The first kappa shape index (κ1) is 17.8. The van der Waals surface area contributed by atoms with Crippen LogP contribution in [0.25, 0.3) is 0 Å². The van der Waals surface area contributed by atoms with Gasteiger partial charge >= 0.3 is 0 Å². The fraction of sp³-hybridized carbons (Fsp3) is 0.750. The Kier molecular flexibility index (Phi) is 8.26. The molecule has 0 aliphatic heterocycles. The van der Waals surface area contributed by atoms with Crippen molar-refractivity contribution in [2.75, 3.05) is 47.8 Å². The van der Waals surface area contributed by atoms with Crippen LogP contribution in [0.4, 0.5) is 0 Å². The van der Waals surface area contributed by atoms with Gasteiger partial charge in [0.2, 0.25) is 11.8 Å². The van der Waals surface area contributed by atoms with Gasteiger partial charge in [0.1, 0.15) is 0 Å². The lowest BCUT2D eigenvalue weighted by atomic mass is 10.3. The monoisotopic (exact) mass is 288 g/mol. The van der Waals surface area contributed by atoms with Crippen molar-refractivity contribution >= 4 is 29.0 Å². The van der Waals surface area contributed by atoms with E-state index in [1.807, 2.05) is 11.9 Å². The third-order valence-corrected chi connectivity index (χ3v) is 2.93. The van der Waals surface area contributed by atoms with E-state index in [1.54, 1.807) is 26.0 Å². The van der Waals surface area contributed by atoms with Crippen LogP contribution in [-0.4, -0.2) is 79.3 Å². The van der Waals surface area contributed by atoms with E-state index in [0.717, 1.165) is 0 Å². The third kappa shape index (κ3) is 8.50. The Morgan fingerprint density at radius 3 is 2.05 bits per heavy atom. The Morgan fingerprint density at radius 2 is 1.58 bits per heavy atom. The fourth-order valence-electron chi connectivity index (χ4n) is 1.33. The number of nitrogens with two attached hydrogens (primary N) is 1. The number of nitrogens with zero attached hydrogens (tertiary/aromatic N) is 3. The summed E-state index contributed by atoms with van der Waals surface area (Å²) in [6, 6.07) is 0. The van der Waals surface area contributed by atoms with E-state index in [1.165, 1.54) is 4.90 Å². The molecule has 0 aromatic carbocycles. The topological polar surface area (TPSA) is 69.9 Å². The SMILES string of the molecule is CN(CCC(=O)N(C)CCC(N)=S)CC(=O)N(C)C. The first-order valence-electron chi connectivity index (χ1n) is 6.15. The number of carbonyl (C=O) groups is 2. The van der Waals surface area contributed by atoms with Gasteiger partial charge in [-0.2, -0.15) is 0 Å². The van der Waals surface area contributed by atoms with E-state index in [2.05, 4.69) is 0 Å². The Bertz CT molecular complexity index is 334. The molecule has 0 saturated heterocycles. The van der Waals surface area contributed by atoms with Crippen LogP contribution in [0.5, 0.6) is 0 Å². The molecule has 0 aromatic rings. The third-order valence-electron chi connectivity index (χ3n) is 2.73. The second-order valence-electron chi connectivity index (χ2n) is 4.81. The molecule has 0 heterocycles. The number of amides is 2. The van der Waals surface area contributed by atoms with Crippen LogP contribution >= 0.6 is 12.2 Å². The first-order valence-corrected chi connectivity index (χ1v) is 6.55. The van der Waals surface area contributed by atoms with Crippen LogP contribution in [0.15, 0.2) is 0 Å². The Labute approximate surface area is 120 Å². The first-order chi connectivity index (χ1) is 8.73. The molecule has 110 valence electrons. The molecule has 0 atom stereocenters.